The van der Waals surface area contributed by atoms with Crippen LogP contribution in [0.15, 0.2) is 78.9 Å². The number of hydrogen-bond donors (Lipinski definition) is 1. The molecule has 0 fully saturated rings. The van der Waals surface area contributed by atoms with E-state index in [1.54, 1.807) is 0 Å². The summed E-state index contributed by atoms with van der Waals surface area (Å²) in [6.07, 6.45) is 0. The summed E-state index contributed by atoms with van der Waals surface area (Å²) in [6.45, 7) is 4.39. The first kappa shape index (κ1) is 19.0. The summed E-state index contributed by atoms with van der Waals surface area (Å²) in [6, 6.07) is 27.2. The maximum atomic E-state index is 5.91. The lowest BCUT2D eigenvalue weighted by molar-refractivity contribution is 0.306. The molecule has 130 valence electrons. The molecule has 0 radical (unpaired) electrons. The molecule has 25 heavy (non-hydrogen) atoms. The van der Waals surface area contributed by atoms with E-state index in [-0.39, 0.29) is 12.4 Å². The summed E-state index contributed by atoms with van der Waals surface area (Å²) < 4.78 is 5.91. The fraction of sp³-hybridized carbons (Fsp3) is 0.182. The van der Waals surface area contributed by atoms with Gasteiger partial charge < -0.3 is 10.1 Å². The first-order chi connectivity index (χ1) is 11.8. The molecule has 0 spiro atoms. The Labute approximate surface area is 156 Å². The molecule has 3 aromatic rings. The van der Waals surface area contributed by atoms with Crippen LogP contribution in [0.5, 0.6) is 5.75 Å². The Kier molecular flexibility index (Phi) is 7.52. The van der Waals surface area contributed by atoms with Gasteiger partial charge in [-0.2, -0.15) is 0 Å². The summed E-state index contributed by atoms with van der Waals surface area (Å²) in [7, 11) is 0. The molecule has 0 heterocycles. The third kappa shape index (κ3) is 6.26. The Morgan fingerprint density at radius 2 is 1.40 bits per heavy atom. The zero-order valence-corrected chi connectivity index (χ0v) is 15.3. The van der Waals surface area contributed by atoms with Gasteiger partial charge >= 0.3 is 0 Å². The van der Waals surface area contributed by atoms with E-state index in [4.69, 9.17) is 4.74 Å². The smallest absolute Gasteiger partial charge is 0.120 e. The van der Waals surface area contributed by atoms with Crippen molar-refractivity contribution in [3.63, 3.8) is 0 Å². The van der Waals surface area contributed by atoms with Crippen molar-refractivity contribution in [1.82, 2.24) is 5.32 Å². The molecule has 0 aliphatic heterocycles. The number of aryl methyl sites for hydroxylation is 1. The van der Waals surface area contributed by atoms with Crippen LogP contribution in [0.3, 0.4) is 0 Å². The second-order valence-corrected chi connectivity index (χ2v) is 6.01. The molecule has 3 heteroatoms. The monoisotopic (exact) mass is 353 g/mol. The Morgan fingerprint density at radius 3 is 2.16 bits per heavy atom. The predicted octanol–water partition coefficient (Wildman–Crippen LogP) is 5.29. The molecule has 0 saturated carbocycles. The average molecular weight is 354 g/mol. The number of hydrogen-bond acceptors (Lipinski definition) is 2. The van der Waals surface area contributed by atoms with E-state index in [0.717, 1.165) is 18.8 Å². The van der Waals surface area contributed by atoms with E-state index in [1.165, 1.54) is 22.3 Å². The summed E-state index contributed by atoms with van der Waals surface area (Å²) >= 11 is 0. The number of ether oxygens (including phenoxy) is 1. The SMILES string of the molecule is Cc1ccc(COc2cccc(CNCc3ccccc3)c2)cc1.Cl. The van der Waals surface area contributed by atoms with E-state index in [9.17, 15) is 0 Å². The third-order valence-electron chi connectivity index (χ3n) is 3.93. The van der Waals surface area contributed by atoms with Gasteiger partial charge in [0.25, 0.3) is 0 Å². The molecule has 0 aliphatic carbocycles. The van der Waals surface area contributed by atoms with E-state index >= 15 is 0 Å². The fourth-order valence-electron chi connectivity index (χ4n) is 2.54. The van der Waals surface area contributed by atoms with Crippen LogP contribution in [-0.2, 0) is 19.7 Å². The van der Waals surface area contributed by atoms with Gasteiger partial charge in [0.05, 0.1) is 0 Å². The van der Waals surface area contributed by atoms with Crippen LogP contribution in [-0.4, -0.2) is 0 Å². The minimum Gasteiger partial charge on any atom is -0.489 e. The second kappa shape index (κ2) is 9.87. The quantitative estimate of drug-likeness (QED) is 0.623. The molecule has 1 N–H and O–H groups in total. The van der Waals surface area contributed by atoms with Gasteiger partial charge in [-0.05, 0) is 35.7 Å². The third-order valence-corrected chi connectivity index (χ3v) is 3.93. The summed E-state index contributed by atoms with van der Waals surface area (Å²) in [5, 5.41) is 3.47. The van der Waals surface area contributed by atoms with Crippen molar-refractivity contribution in [1.29, 1.82) is 0 Å². The maximum absolute atomic E-state index is 5.91. The largest absolute Gasteiger partial charge is 0.489 e. The topological polar surface area (TPSA) is 21.3 Å². The Balaban J connectivity index is 0.00000225. The van der Waals surface area contributed by atoms with Crippen LogP contribution < -0.4 is 10.1 Å². The van der Waals surface area contributed by atoms with Crippen molar-refractivity contribution in [3.8, 4) is 5.75 Å². The van der Waals surface area contributed by atoms with Crippen molar-refractivity contribution >= 4 is 12.4 Å². The van der Waals surface area contributed by atoms with Gasteiger partial charge in [0.2, 0.25) is 0 Å². The lowest BCUT2D eigenvalue weighted by Crippen LogP contribution is -2.12. The second-order valence-electron chi connectivity index (χ2n) is 6.01. The van der Waals surface area contributed by atoms with Crippen molar-refractivity contribution < 1.29 is 4.74 Å². The van der Waals surface area contributed by atoms with E-state index in [1.807, 2.05) is 18.2 Å². The van der Waals surface area contributed by atoms with Gasteiger partial charge in [-0.25, -0.2) is 0 Å². The molecule has 0 unspecified atom stereocenters. The van der Waals surface area contributed by atoms with E-state index < -0.39 is 0 Å². The van der Waals surface area contributed by atoms with Crippen LogP contribution in [0.1, 0.15) is 22.3 Å². The maximum Gasteiger partial charge on any atom is 0.120 e. The number of halogens is 1. The van der Waals surface area contributed by atoms with E-state index in [2.05, 4.69) is 72.9 Å². The molecule has 0 aliphatic rings. The molecule has 0 atom stereocenters. The van der Waals surface area contributed by atoms with Gasteiger partial charge in [0, 0.05) is 13.1 Å². The average Bonchev–Trinajstić information content (AvgIpc) is 2.63. The van der Waals surface area contributed by atoms with Crippen LogP contribution in [0.25, 0.3) is 0 Å². The first-order valence-electron chi connectivity index (χ1n) is 8.31. The standard InChI is InChI=1S/C22H23NO.ClH/c1-18-10-12-20(13-11-18)17-24-22-9-5-8-21(14-22)16-23-15-19-6-3-2-4-7-19;/h2-14,23H,15-17H2,1H3;1H. The van der Waals surface area contributed by atoms with Gasteiger partial charge in [-0.3, -0.25) is 0 Å². The van der Waals surface area contributed by atoms with Crippen LogP contribution >= 0.6 is 12.4 Å². The number of benzene rings is 3. The lowest BCUT2D eigenvalue weighted by Gasteiger charge is -2.09. The minimum atomic E-state index is 0. The van der Waals surface area contributed by atoms with Crippen molar-refractivity contribution in [2.45, 2.75) is 26.6 Å². The Hall–Kier alpha value is -2.29. The van der Waals surface area contributed by atoms with Crippen molar-refractivity contribution in [2.24, 2.45) is 0 Å². The molecule has 0 bridgehead atoms. The number of rotatable bonds is 7. The minimum absolute atomic E-state index is 0. The highest BCUT2D eigenvalue weighted by Gasteiger charge is 1.99. The molecule has 2 nitrogen and oxygen atoms in total. The zero-order valence-electron chi connectivity index (χ0n) is 14.4. The van der Waals surface area contributed by atoms with Crippen molar-refractivity contribution in [3.05, 3.63) is 101 Å². The predicted molar refractivity (Wildman–Crippen MR) is 106 cm³/mol. The Morgan fingerprint density at radius 1 is 0.720 bits per heavy atom. The highest BCUT2D eigenvalue weighted by atomic mass is 35.5. The van der Waals surface area contributed by atoms with E-state index in [0.29, 0.717) is 6.61 Å². The number of nitrogens with one attached hydrogen (secondary N) is 1. The Bertz CT molecular complexity index is 756. The zero-order chi connectivity index (χ0) is 16.6. The van der Waals surface area contributed by atoms with Gasteiger partial charge in [-0.1, -0.05) is 72.3 Å². The van der Waals surface area contributed by atoms with Gasteiger partial charge in [-0.15, -0.1) is 12.4 Å². The summed E-state index contributed by atoms with van der Waals surface area (Å²) in [5.74, 6) is 0.912. The first-order valence-corrected chi connectivity index (χ1v) is 8.31. The van der Waals surface area contributed by atoms with Crippen LogP contribution in [0, 0.1) is 6.92 Å². The highest BCUT2D eigenvalue weighted by molar-refractivity contribution is 5.85. The van der Waals surface area contributed by atoms with Crippen LogP contribution in [0.2, 0.25) is 0 Å². The molecule has 0 saturated heterocycles. The molecule has 0 amide bonds. The summed E-state index contributed by atoms with van der Waals surface area (Å²) in [5.41, 5.74) is 4.98. The lowest BCUT2D eigenvalue weighted by atomic mass is 10.1. The van der Waals surface area contributed by atoms with Gasteiger partial charge in [0.1, 0.15) is 12.4 Å². The molecule has 0 aromatic heterocycles. The normalized spacial score (nSPS) is 10.1. The molecule has 3 aromatic carbocycles. The summed E-state index contributed by atoms with van der Waals surface area (Å²) in [4.78, 5) is 0. The van der Waals surface area contributed by atoms with Crippen LogP contribution in [0.4, 0.5) is 0 Å². The molecular weight excluding hydrogens is 330 g/mol. The molecule has 3 rings (SSSR count). The van der Waals surface area contributed by atoms with Gasteiger partial charge in [0.15, 0.2) is 0 Å². The van der Waals surface area contributed by atoms with Crippen molar-refractivity contribution in [2.75, 3.05) is 0 Å². The fourth-order valence-corrected chi connectivity index (χ4v) is 2.54. The highest BCUT2D eigenvalue weighted by Crippen LogP contribution is 2.15. The molecular formula is C22H24ClNO.